The Morgan fingerprint density at radius 2 is 1.70 bits per heavy atom. The van der Waals surface area contributed by atoms with Crippen LogP contribution in [0.2, 0.25) is 0 Å². The number of rotatable bonds is 4. The number of para-hydroxylation sites is 1. The fourth-order valence-corrected chi connectivity index (χ4v) is 3.84. The van der Waals surface area contributed by atoms with Gasteiger partial charge in [0.25, 0.3) is 0 Å². The fraction of sp³-hybridized carbons (Fsp3) is 0.348. The number of anilines is 1. The predicted molar refractivity (Wildman–Crippen MR) is 111 cm³/mol. The third-order valence-corrected chi connectivity index (χ3v) is 5.57. The lowest BCUT2D eigenvalue weighted by Gasteiger charge is -2.36. The summed E-state index contributed by atoms with van der Waals surface area (Å²) in [6.07, 6.45) is 2.43. The van der Waals surface area contributed by atoms with E-state index in [0.717, 1.165) is 42.6 Å². The second-order valence-electron chi connectivity index (χ2n) is 7.65. The standard InChI is InChI=1S/C23H27N3O/c1-17(2)18-7-9-20(10-8-18)25-11-13-26(14-12-25)23(27)15-19-16-24-22-6-4-3-5-21(19)22/h3-10,16-17,24H,11-15H2,1-2H3. The normalized spacial score (nSPS) is 14.9. The number of benzene rings is 2. The molecule has 4 rings (SSSR count). The van der Waals surface area contributed by atoms with E-state index in [1.807, 2.05) is 29.3 Å². The van der Waals surface area contributed by atoms with E-state index in [4.69, 9.17) is 0 Å². The third-order valence-electron chi connectivity index (χ3n) is 5.57. The van der Waals surface area contributed by atoms with Crippen LogP contribution in [0.5, 0.6) is 0 Å². The van der Waals surface area contributed by atoms with Crippen LogP contribution in [-0.4, -0.2) is 42.0 Å². The molecule has 0 atom stereocenters. The maximum atomic E-state index is 12.8. The zero-order chi connectivity index (χ0) is 18.8. The number of piperazine rings is 1. The highest BCUT2D eigenvalue weighted by Gasteiger charge is 2.22. The highest BCUT2D eigenvalue weighted by molar-refractivity contribution is 5.89. The van der Waals surface area contributed by atoms with Gasteiger partial charge >= 0.3 is 0 Å². The first kappa shape index (κ1) is 17.7. The highest BCUT2D eigenvalue weighted by Crippen LogP contribution is 2.22. The molecule has 0 saturated carbocycles. The Balaban J connectivity index is 1.36. The Morgan fingerprint density at radius 1 is 1.00 bits per heavy atom. The number of nitrogens with one attached hydrogen (secondary N) is 1. The molecule has 0 radical (unpaired) electrons. The maximum absolute atomic E-state index is 12.8. The van der Waals surface area contributed by atoms with Gasteiger partial charge in [-0.1, -0.05) is 44.2 Å². The molecule has 1 aromatic heterocycles. The molecule has 4 heteroatoms. The van der Waals surface area contributed by atoms with E-state index in [1.54, 1.807) is 0 Å². The first-order valence-corrected chi connectivity index (χ1v) is 9.79. The molecule has 4 nitrogen and oxygen atoms in total. The minimum Gasteiger partial charge on any atom is -0.368 e. The van der Waals surface area contributed by atoms with E-state index < -0.39 is 0 Å². The third kappa shape index (κ3) is 3.70. The first-order chi connectivity index (χ1) is 13.1. The number of hydrogen-bond donors (Lipinski definition) is 1. The van der Waals surface area contributed by atoms with Crippen LogP contribution in [0.15, 0.2) is 54.7 Å². The Labute approximate surface area is 160 Å². The van der Waals surface area contributed by atoms with E-state index in [9.17, 15) is 4.79 Å². The SMILES string of the molecule is CC(C)c1ccc(N2CCN(C(=O)Cc3c[nH]c4ccccc34)CC2)cc1. The van der Waals surface area contributed by atoms with Gasteiger partial charge in [-0.05, 0) is 35.2 Å². The average Bonchev–Trinajstić information content (AvgIpc) is 3.11. The molecule has 1 saturated heterocycles. The summed E-state index contributed by atoms with van der Waals surface area (Å²) >= 11 is 0. The molecule has 1 fully saturated rings. The molecular formula is C23H27N3O. The lowest BCUT2D eigenvalue weighted by Crippen LogP contribution is -2.49. The number of aromatic nitrogens is 1. The van der Waals surface area contributed by atoms with E-state index in [0.29, 0.717) is 12.3 Å². The molecule has 0 spiro atoms. The molecule has 1 aliphatic rings. The van der Waals surface area contributed by atoms with Crippen LogP contribution >= 0.6 is 0 Å². The number of carbonyl (C=O) groups is 1. The van der Waals surface area contributed by atoms with Gasteiger partial charge in [-0.25, -0.2) is 0 Å². The minimum absolute atomic E-state index is 0.217. The molecule has 1 aliphatic heterocycles. The van der Waals surface area contributed by atoms with Crippen LogP contribution in [0.25, 0.3) is 10.9 Å². The molecule has 3 aromatic rings. The van der Waals surface area contributed by atoms with Gasteiger partial charge in [-0.15, -0.1) is 0 Å². The summed E-state index contributed by atoms with van der Waals surface area (Å²) in [5.41, 5.74) is 4.80. The molecule has 2 heterocycles. The zero-order valence-electron chi connectivity index (χ0n) is 16.1. The van der Waals surface area contributed by atoms with Crippen LogP contribution < -0.4 is 4.90 Å². The molecule has 1 amide bonds. The van der Waals surface area contributed by atoms with Crippen LogP contribution in [0.4, 0.5) is 5.69 Å². The van der Waals surface area contributed by atoms with Crippen molar-refractivity contribution in [2.45, 2.75) is 26.2 Å². The van der Waals surface area contributed by atoms with Crippen molar-refractivity contribution in [3.05, 3.63) is 65.9 Å². The number of aromatic amines is 1. The van der Waals surface area contributed by atoms with E-state index in [-0.39, 0.29) is 5.91 Å². The first-order valence-electron chi connectivity index (χ1n) is 9.79. The number of carbonyl (C=O) groups excluding carboxylic acids is 1. The molecule has 140 valence electrons. The van der Waals surface area contributed by atoms with E-state index in [2.05, 4.69) is 54.1 Å². The predicted octanol–water partition coefficient (Wildman–Crippen LogP) is 4.18. The summed E-state index contributed by atoms with van der Waals surface area (Å²) in [5.74, 6) is 0.771. The van der Waals surface area contributed by atoms with Crippen molar-refractivity contribution in [2.75, 3.05) is 31.1 Å². The van der Waals surface area contributed by atoms with Crippen LogP contribution in [0.1, 0.15) is 30.9 Å². The smallest absolute Gasteiger partial charge is 0.227 e. The van der Waals surface area contributed by atoms with Gasteiger partial charge in [-0.2, -0.15) is 0 Å². The molecule has 1 N–H and O–H groups in total. The zero-order valence-corrected chi connectivity index (χ0v) is 16.1. The van der Waals surface area contributed by atoms with Crippen molar-refractivity contribution >= 4 is 22.5 Å². The summed E-state index contributed by atoms with van der Waals surface area (Å²) < 4.78 is 0. The Morgan fingerprint density at radius 3 is 2.41 bits per heavy atom. The van der Waals surface area contributed by atoms with Crippen LogP contribution in [0, 0.1) is 0 Å². The summed E-state index contributed by atoms with van der Waals surface area (Å²) in [6.45, 7) is 7.78. The number of nitrogens with zero attached hydrogens (tertiary/aromatic N) is 2. The number of hydrogen-bond acceptors (Lipinski definition) is 2. The van der Waals surface area contributed by atoms with Gasteiger partial charge in [0.15, 0.2) is 0 Å². The molecule has 0 unspecified atom stereocenters. The van der Waals surface area contributed by atoms with Crippen molar-refractivity contribution in [2.24, 2.45) is 0 Å². The second kappa shape index (κ2) is 7.47. The van der Waals surface area contributed by atoms with Crippen molar-refractivity contribution in [3.63, 3.8) is 0 Å². The average molecular weight is 361 g/mol. The Hall–Kier alpha value is -2.75. The summed E-state index contributed by atoms with van der Waals surface area (Å²) in [7, 11) is 0. The van der Waals surface area contributed by atoms with Crippen LogP contribution in [0.3, 0.4) is 0 Å². The van der Waals surface area contributed by atoms with E-state index in [1.165, 1.54) is 11.3 Å². The van der Waals surface area contributed by atoms with Crippen molar-refractivity contribution in [1.82, 2.24) is 9.88 Å². The molecule has 2 aromatic carbocycles. The van der Waals surface area contributed by atoms with Gasteiger partial charge in [0, 0.05) is 49.0 Å². The van der Waals surface area contributed by atoms with Crippen molar-refractivity contribution < 1.29 is 4.79 Å². The van der Waals surface area contributed by atoms with Gasteiger partial charge in [0.1, 0.15) is 0 Å². The largest absolute Gasteiger partial charge is 0.368 e. The molecular weight excluding hydrogens is 334 g/mol. The highest BCUT2D eigenvalue weighted by atomic mass is 16.2. The minimum atomic E-state index is 0.217. The lowest BCUT2D eigenvalue weighted by atomic mass is 10.0. The second-order valence-corrected chi connectivity index (χ2v) is 7.65. The topological polar surface area (TPSA) is 39.3 Å². The lowest BCUT2D eigenvalue weighted by molar-refractivity contribution is -0.130. The van der Waals surface area contributed by atoms with Crippen molar-refractivity contribution in [1.29, 1.82) is 0 Å². The van der Waals surface area contributed by atoms with Gasteiger partial charge in [0.2, 0.25) is 5.91 Å². The number of amides is 1. The monoisotopic (exact) mass is 361 g/mol. The van der Waals surface area contributed by atoms with Gasteiger partial charge in [-0.3, -0.25) is 4.79 Å². The summed E-state index contributed by atoms with van der Waals surface area (Å²) in [5, 5.41) is 1.15. The number of H-pyrrole nitrogens is 1. The molecule has 0 aliphatic carbocycles. The summed E-state index contributed by atoms with van der Waals surface area (Å²) in [4.78, 5) is 20.4. The Kier molecular flexibility index (Phi) is 4.88. The van der Waals surface area contributed by atoms with Crippen LogP contribution in [-0.2, 0) is 11.2 Å². The number of fused-ring (bicyclic) bond motifs is 1. The quantitative estimate of drug-likeness (QED) is 0.757. The summed E-state index contributed by atoms with van der Waals surface area (Å²) in [6, 6.07) is 17.0. The fourth-order valence-electron chi connectivity index (χ4n) is 3.84. The van der Waals surface area contributed by atoms with E-state index >= 15 is 0 Å². The maximum Gasteiger partial charge on any atom is 0.227 e. The molecule has 27 heavy (non-hydrogen) atoms. The van der Waals surface area contributed by atoms with Gasteiger partial charge < -0.3 is 14.8 Å². The Bertz CT molecular complexity index is 918. The van der Waals surface area contributed by atoms with Crippen molar-refractivity contribution in [3.8, 4) is 0 Å². The van der Waals surface area contributed by atoms with Gasteiger partial charge in [0.05, 0.1) is 6.42 Å². The molecule has 0 bridgehead atoms.